The van der Waals surface area contributed by atoms with E-state index in [0.29, 0.717) is 0 Å². The molecule has 2 N–H and O–H groups in total. The van der Waals surface area contributed by atoms with Crippen molar-refractivity contribution in [2.24, 2.45) is 28.1 Å². The summed E-state index contributed by atoms with van der Waals surface area (Å²) in [5, 5.41) is 33.9. The summed E-state index contributed by atoms with van der Waals surface area (Å²) in [6, 6.07) is 5.28. The van der Waals surface area contributed by atoms with Gasteiger partial charge in [-0.1, -0.05) is 27.7 Å². The van der Waals surface area contributed by atoms with Crippen LogP contribution in [0.4, 0.5) is 0 Å². The van der Waals surface area contributed by atoms with Gasteiger partial charge in [-0.15, -0.1) is 0 Å². The first-order chi connectivity index (χ1) is 9.35. The molecule has 20 heavy (non-hydrogen) atoms. The van der Waals surface area contributed by atoms with Crippen molar-refractivity contribution in [1.29, 1.82) is 15.8 Å². The van der Waals surface area contributed by atoms with Crippen LogP contribution in [-0.4, -0.2) is 17.3 Å². The van der Waals surface area contributed by atoms with Crippen LogP contribution < -0.4 is 5.73 Å². The first-order valence-electron chi connectivity index (χ1n) is 6.41. The maximum absolute atomic E-state index is 9.46. The van der Waals surface area contributed by atoms with Gasteiger partial charge in [0.15, 0.2) is 0 Å². The summed E-state index contributed by atoms with van der Waals surface area (Å²) in [7, 11) is 0. The molecular formula is C14H18N6. The Morgan fingerprint density at radius 2 is 1.80 bits per heavy atom. The summed E-state index contributed by atoms with van der Waals surface area (Å²) < 4.78 is 0. The van der Waals surface area contributed by atoms with E-state index in [1.807, 2.05) is 45.9 Å². The Hall–Kier alpha value is -2.52. The number of hydrogen-bond acceptors (Lipinski definition) is 6. The second-order valence-corrected chi connectivity index (χ2v) is 5.45. The summed E-state index contributed by atoms with van der Waals surface area (Å²) in [5.41, 5.74) is 4.36. The highest BCUT2D eigenvalue weighted by atomic mass is 15.5. The average Bonchev–Trinajstić information content (AvgIpc) is 2.64. The first-order valence-corrected chi connectivity index (χ1v) is 6.41. The van der Waals surface area contributed by atoms with Crippen molar-refractivity contribution in [2.45, 2.75) is 33.7 Å². The summed E-state index contributed by atoms with van der Waals surface area (Å²) >= 11 is 0. The van der Waals surface area contributed by atoms with E-state index in [2.05, 4.69) is 5.10 Å². The monoisotopic (exact) mass is 270 g/mol. The van der Waals surface area contributed by atoms with Gasteiger partial charge in [-0.2, -0.15) is 20.9 Å². The molecule has 0 aromatic rings. The highest BCUT2D eigenvalue weighted by Gasteiger charge is 2.56. The molecule has 1 aliphatic rings. The molecule has 6 heteroatoms. The van der Waals surface area contributed by atoms with Gasteiger partial charge in [0.25, 0.3) is 0 Å². The smallest absolute Gasteiger partial charge is 0.204 e. The van der Waals surface area contributed by atoms with Gasteiger partial charge in [-0.05, 0) is 11.8 Å². The maximum atomic E-state index is 9.46. The molecule has 0 bridgehead atoms. The molecule has 0 aromatic carbocycles. The average molecular weight is 270 g/mol. The van der Waals surface area contributed by atoms with Crippen molar-refractivity contribution >= 4 is 6.21 Å². The molecule has 0 aliphatic carbocycles. The topological polar surface area (TPSA) is 113 Å². The number of nitrogens with zero attached hydrogens (tertiary/aromatic N) is 5. The number of hydrazone groups is 1. The fourth-order valence-corrected chi connectivity index (χ4v) is 2.33. The lowest BCUT2D eigenvalue weighted by Crippen LogP contribution is -2.42. The molecule has 1 rings (SSSR count). The lowest BCUT2D eigenvalue weighted by Gasteiger charge is -2.31. The second kappa shape index (κ2) is 5.63. The predicted molar refractivity (Wildman–Crippen MR) is 74.3 cm³/mol. The molecule has 0 spiro atoms. The Morgan fingerprint density at radius 1 is 1.25 bits per heavy atom. The zero-order valence-electron chi connectivity index (χ0n) is 12.1. The molecule has 0 saturated heterocycles. The molecule has 1 heterocycles. The highest BCUT2D eigenvalue weighted by molar-refractivity contribution is 5.60. The quantitative estimate of drug-likeness (QED) is 0.784. The van der Waals surface area contributed by atoms with E-state index in [1.54, 1.807) is 6.21 Å². The normalized spacial score (nSPS) is 21.4. The van der Waals surface area contributed by atoms with Gasteiger partial charge < -0.3 is 5.73 Å². The minimum Gasteiger partial charge on any atom is -0.383 e. The van der Waals surface area contributed by atoms with Crippen molar-refractivity contribution in [3.63, 3.8) is 0 Å². The highest BCUT2D eigenvalue weighted by Crippen LogP contribution is 2.45. The predicted octanol–water partition coefficient (Wildman–Crippen LogP) is 1.70. The molecule has 1 atom stereocenters. The number of rotatable bonds is 3. The molecule has 0 saturated carbocycles. The summed E-state index contributed by atoms with van der Waals surface area (Å²) in [4.78, 5) is 0. The zero-order chi connectivity index (χ0) is 15.5. The SMILES string of the molecule is CC(C)/C=N\N1C(N)=C(C#N)C(C#N)(C#N)C1C(C)C. The number of hydrogen-bond donors (Lipinski definition) is 1. The second-order valence-electron chi connectivity index (χ2n) is 5.45. The third kappa shape index (κ3) is 2.19. The Kier molecular flexibility index (Phi) is 4.38. The van der Waals surface area contributed by atoms with E-state index >= 15 is 0 Å². The Bertz CT molecular complexity index is 550. The molecule has 1 unspecified atom stereocenters. The van der Waals surface area contributed by atoms with Crippen LogP contribution in [0.15, 0.2) is 16.5 Å². The van der Waals surface area contributed by atoms with Crippen molar-refractivity contribution < 1.29 is 0 Å². The zero-order valence-corrected chi connectivity index (χ0v) is 12.1. The third-order valence-corrected chi connectivity index (χ3v) is 3.19. The molecule has 104 valence electrons. The van der Waals surface area contributed by atoms with E-state index in [9.17, 15) is 15.8 Å². The Morgan fingerprint density at radius 3 is 2.15 bits per heavy atom. The molecule has 6 nitrogen and oxygen atoms in total. The summed E-state index contributed by atoms with van der Waals surface area (Å²) in [6.45, 7) is 7.66. The molecule has 1 aliphatic heterocycles. The maximum Gasteiger partial charge on any atom is 0.204 e. The van der Waals surface area contributed by atoms with Crippen LogP contribution in [0.2, 0.25) is 0 Å². The molecule has 0 fully saturated rings. The van der Waals surface area contributed by atoms with Crippen LogP contribution in [0.1, 0.15) is 27.7 Å². The molecular weight excluding hydrogens is 252 g/mol. The molecule has 0 aromatic heterocycles. The molecule has 0 amide bonds. The van der Waals surface area contributed by atoms with Gasteiger partial charge in [-0.3, -0.25) is 0 Å². The van der Waals surface area contributed by atoms with Gasteiger partial charge in [-0.25, -0.2) is 5.01 Å². The van der Waals surface area contributed by atoms with Crippen molar-refractivity contribution in [2.75, 3.05) is 0 Å². The Labute approximate surface area is 119 Å². The van der Waals surface area contributed by atoms with Crippen LogP contribution in [-0.2, 0) is 0 Å². The van der Waals surface area contributed by atoms with Crippen molar-refractivity contribution in [3.8, 4) is 18.2 Å². The third-order valence-electron chi connectivity index (χ3n) is 3.19. The van der Waals surface area contributed by atoms with E-state index in [-0.39, 0.29) is 23.2 Å². The van der Waals surface area contributed by atoms with Crippen LogP contribution in [0.5, 0.6) is 0 Å². The van der Waals surface area contributed by atoms with Crippen molar-refractivity contribution in [3.05, 3.63) is 11.4 Å². The van der Waals surface area contributed by atoms with Gasteiger partial charge in [0.1, 0.15) is 17.5 Å². The lowest BCUT2D eigenvalue weighted by atomic mass is 9.75. The summed E-state index contributed by atoms with van der Waals surface area (Å²) in [5.74, 6) is 0.217. The van der Waals surface area contributed by atoms with E-state index in [4.69, 9.17) is 5.73 Å². The number of nitrogens with two attached hydrogens (primary N) is 1. The lowest BCUT2D eigenvalue weighted by molar-refractivity contribution is 0.182. The van der Waals surface area contributed by atoms with Crippen LogP contribution in [0, 0.1) is 51.2 Å². The summed E-state index contributed by atoms with van der Waals surface area (Å²) in [6.07, 6.45) is 1.68. The fraction of sp³-hybridized carbons (Fsp3) is 0.571. The van der Waals surface area contributed by atoms with Crippen molar-refractivity contribution in [1.82, 2.24) is 5.01 Å². The molecule has 0 radical (unpaired) electrons. The van der Waals surface area contributed by atoms with Gasteiger partial charge in [0, 0.05) is 6.21 Å². The van der Waals surface area contributed by atoms with Crippen LogP contribution >= 0.6 is 0 Å². The van der Waals surface area contributed by atoms with Gasteiger partial charge >= 0.3 is 0 Å². The van der Waals surface area contributed by atoms with E-state index < -0.39 is 11.5 Å². The van der Waals surface area contributed by atoms with Gasteiger partial charge in [0.05, 0.1) is 18.2 Å². The minimum absolute atomic E-state index is 0.0119. The minimum atomic E-state index is -1.57. The van der Waals surface area contributed by atoms with E-state index in [0.717, 1.165) is 0 Å². The van der Waals surface area contributed by atoms with Crippen LogP contribution in [0.25, 0.3) is 0 Å². The fourth-order valence-electron chi connectivity index (χ4n) is 2.33. The largest absolute Gasteiger partial charge is 0.383 e. The number of nitriles is 3. The first kappa shape index (κ1) is 15.5. The van der Waals surface area contributed by atoms with E-state index in [1.165, 1.54) is 5.01 Å². The van der Waals surface area contributed by atoms with Gasteiger partial charge in [0.2, 0.25) is 5.41 Å². The standard InChI is InChI=1S/C14H18N6/c1-9(2)6-19-20-12(10(3)4)14(7-16,8-17)11(5-15)13(20)18/h6,9-10,12H,18H2,1-4H3/b19-6-. The van der Waals surface area contributed by atoms with Crippen LogP contribution in [0.3, 0.4) is 0 Å². The Balaban J connectivity index is 3.48.